The normalized spacial score (nSPS) is 22.2. The zero-order valence-corrected chi connectivity index (χ0v) is 12.5. The Hall–Kier alpha value is -1.88. The van der Waals surface area contributed by atoms with Crippen LogP contribution in [0.5, 0.6) is 5.75 Å². The van der Waals surface area contributed by atoms with Gasteiger partial charge in [0.15, 0.2) is 0 Å². The van der Waals surface area contributed by atoms with Gasteiger partial charge in [-0.25, -0.2) is 0 Å². The van der Waals surface area contributed by atoms with Crippen molar-refractivity contribution >= 4 is 0 Å². The van der Waals surface area contributed by atoms with Gasteiger partial charge in [-0.15, -0.1) is 0 Å². The largest absolute Gasteiger partial charge is 0.496 e. The van der Waals surface area contributed by atoms with Crippen LogP contribution >= 0.6 is 0 Å². The summed E-state index contributed by atoms with van der Waals surface area (Å²) in [6.07, 6.45) is 4.73. The van der Waals surface area contributed by atoms with E-state index in [0.29, 0.717) is 17.8 Å². The highest BCUT2D eigenvalue weighted by atomic mass is 16.5. The van der Waals surface area contributed by atoms with E-state index < -0.39 is 0 Å². The Balaban J connectivity index is 1.89. The molecular weight excluding hydrogens is 266 g/mol. The number of nitrogens with one attached hydrogen (secondary N) is 1. The molecule has 112 valence electrons. The second kappa shape index (κ2) is 6.26. The van der Waals surface area contributed by atoms with Crippen molar-refractivity contribution in [1.29, 1.82) is 0 Å². The molecule has 5 heteroatoms. The molecule has 5 nitrogen and oxygen atoms in total. The molecule has 0 saturated heterocycles. The van der Waals surface area contributed by atoms with Gasteiger partial charge in [-0.3, -0.25) is 0 Å². The molecule has 1 fully saturated rings. The summed E-state index contributed by atoms with van der Waals surface area (Å²) in [5.74, 6) is 2.40. The number of ether oxygens (including phenoxy) is 1. The minimum atomic E-state index is 0.305. The van der Waals surface area contributed by atoms with Crippen LogP contribution in [0.2, 0.25) is 0 Å². The van der Waals surface area contributed by atoms with E-state index in [4.69, 9.17) is 9.26 Å². The minimum Gasteiger partial charge on any atom is -0.496 e. The average molecular weight is 287 g/mol. The second-order valence-corrected chi connectivity index (χ2v) is 5.44. The Kier molecular flexibility index (Phi) is 4.20. The SMILES string of the molecule is CNC1CCCCC1c1nc(-c2ccccc2OC)no1. The fourth-order valence-electron chi connectivity index (χ4n) is 3.10. The van der Waals surface area contributed by atoms with Crippen LogP contribution in [0.1, 0.15) is 37.5 Å². The molecular formula is C16H21N3O2. The van der Waals surface area contributed by atoms with Crippen molar-refractivity contribution in [3.8, 4) is 17.1 Å². The highest BCUT2D eigenvalue weighted by Crippen LogP contribution is 2.34. The summed E-state index contributed by atoms with van der Waals surface area (Å²) in [6, 6.07) is 8.16. The minimum absolute atomic E-state index is 0.305. The van der Waals surface area contributed by atoms with Crippen LogP contribution in [0.4, 0.5) is 0 Å². The van der Waals surface area contributed by atoms with Gasteiger partial charge in [0, 0.05) is 6.04 Å². The van der Waals surface area contributed by atoms with E-state index in [9.17, 15) is 0 Å². The molecule has 1 aromatic heterocycles. The molecule has 0 aliphatic heterocycles. The van der Waals surface area contributed by atoms with E-state index in [0.717, 1.165) is 30.0 Å². The number of nitrogens with zero attached hydrogens (tertiary/aromatic N) is 2. The Labute approximate surface area is 124 Å². The molecule has 2 unspecified atom stereocenters. The molecule has 1 heterocycles. The summed E-state index contributed by atoms with van der Waals surface area (Å²) in [4.78, 5) is 4.61. The van der Waals surface area contributed by atoms with Crippen LogP contribution in [0.15, 0.2) is 28.8 Å². The van der Waals surface area contributed by atoms with Gasteiger partial charge in [0.1, 0.15) is 5.75 Å². The van der Waals surface area contributed by atoms with Gasteiger partial charge in [-0.1, -0.05) is 30.1 Å². The molecule has 1 saturated carbocycles. The first-order valence-electron chi connectivity index (χ1n) is 7.47. The zero-order chi connectivity index (χ0) is 14.7. The van der Waals surface area contributed by atoms with Crippen LogP contribution in [-0.2, 0) is 0 Å². The molecule has 1 aliphatic carbocycles. The Morgan fingerprint density at radius 1 is 1.24 bits per heavy atom. The summed E-state index contributed by atoms with van der Waals surface area (Å²) in [5.41, 5.74) is 0.867. The van der Waals surface area contributed by atoms with Gasteiger partial charge in [0.2, 0.25) is 11.7 Å². The van der Waals surface area contributed by atoms with Crippen molar-refractivity contribution in [3.05, 3.63) is 30.2 Å². The fourth-order valence-corrected chi connectivity index (χ4v) is 3.10. The quantitative estimate of drug-likeness (QED) is 0.936. The number of benzene rings is 1. The average Bonchev–Trinajstić information content (AvgIpc) is 3.04. The molecule has 1 aromatic carbocycles. The first kappa shape index (κ1) is 14.1. The molecule has 3 rings (SSSR count). The molecule has 21 heavy (non-hydrogen) atoms. The number of likely N-dealkylation sites (N-methyl/N-ethyl adjacent to an activating group) is 1. The van der Waals surface area contributed by atoms with E-state index in [1.807, 2.05) is 31.3 Å². The zero-order valence-electron chi connectivity index (χ0n) is 12.5. The van der Waals surface area contributed by atoms with E-state index in [1.54, 1.807) is 7.11 Å². The van der Waals surface area contributed by atoms with Gasteiger partial charge >= 0.3 is 0 Å². The maximum absolute atomic E-state index is 5.53. The predicted molar refractivity (Wildman–Crippen MR) is 80.3 cm³/mol. The van der Waals surface area contributed by atoms with Crippen molar-refractivity contribution in [3.63, 3.8) is 0 Å². The second-order valence-electron chi connectivity index (χ2n) is 5.44. The third-order valence-electron chi connectivity index (χ3n) is 4.24. The molecule has 1 N–H and O–H groups in total. The summed E-state index contributed by atoms with van der Waals surface area (Å²) < 4.78 is 10.9. The highest BCUT2D eigenvalue weighted by Gasteiger charge is 2.30. The standard InChI is InChI=1S/C16H21N3O2/c1-17-13-9-5-3-7-11(13)16-18-15(19-21-16)12-8-4-6-10-14(12)20-2/h4,6,8,10-11,13,17H,3,5,7,9H2,1-2H3. The van der Waals surface area contributed by atoms with Gasteiger partial charge in [0.05, 0.1) is 18.6 Å². The maximum Gasteiger partial charge on any atom is 0.231 e. The van der Waals surface area contributed by atoms with E-state index in [-0.39, 0.29) is 0 Å². The molecule has 0 spiro atoms. The van der Waals surface area contributed by atoms with Crippen LogP contribution in [0.25, 0.3) is 11.4 Å². The van der Waals surface area contributed by atoms with E-state index >= 15 is 0 Å². The van der Waals surface area contributed by atoms with E-state index in [2.05, 4.69) is 15.5 Å². The van der Waals surface area contributed by atoms with E-state index in [1.165, 1.54) is 12.8 Å². The lowest BCUT2D eigenvalue weighted by atomic mass is 9.84. The molecule has 2 atom stereocenters. The van der Waals surface area contributed by atoms with Gasteiger partial charge < -0.3 is 14.6 Å². The van der Waals surface area contributed by atoms with Crippen molar-refractivity contribution in [2.45, 2.75) is 37.6 Å². The number of aromatic nitrogens is 2. The monoisotopic (exact) mass is 287 g/mol. The summed E-state index contributed by atoms with van der Waals surface area (Å²) in [7, 11) is 3.65. The predicted octanol–water partition coefficient (Wildman–Crippen LogP) is 2.99. The van der Waals surface area contributed by atoms with Crippen LogP contribution in [0, 0.1) is 0 Å². The first-order valence-corrected chi connectivity index (χ1v) is 7.47. The smallest absolute Gasteiger partial charge is 0.231 e. The van der Waals surface area contributed by atoms with Crippen molar-refractivity contribution in [1.82, 2.24) is 15.5 Å². The Morgan fingerprint density at radius 3 is 2.86 bits per heavy atom. The van der Waals surface area contributed by atoms with Crippen LogP contribution < -0.4 is 10.1 Å². The Bertz CT molecular complexity index is 597. The molecule has 0 radical (unpaired) electrons. The van der Waals surface area contributed by atoms with Crippen LogP contribution in [-0.4, -0.2) is 30.3 Å². The summed E-state index contributed by atoms with van der Waals surface area (Å²) >= 11 is 0. The lowest BCUT2D eigenvalue weighted by Gasteiger charge is -2.28. The lowest BCUT2D eigenvalue weighted by Crippen LogP contribution is -2.34. The Morgan fingerprint density at radius 2 is 2.05 bits per heavy atom. The molecule has 2 aromatic rings. The number of hydrogen-bond donors (Lipinski definition) is 1. The van der Waals surface area contributed by atoms with Gasteiger partial charge in [-0.05, 0) is 32.0 Å². The third kappa shape index (κ3) is 2.78. The first-order chi connectivity index (χ1) is 10.3. The molecule has 0 bridgehead atoms. The van der Waals surface area contributed by atoms with Crippen LogP contribution in [0.3, 0.4) is 0 Å². The molecule has 0 amide bonds. The van der Waals surface area contributed by atoms with Crippen molar-refractivity contribution < 1.29 is 9.26 Å². The number of rotatable bonds is 4. The summed E-state index contributed by atoms with van der Waals surface area (Å²) in [5, 5.41) is 7.52. The third-order valence-corrected chi connectivity index (χ3v) is 4.24. The van der Waals surface area contributed by atoms with Gasteiger partial charge in [0.25, 0.3) is 0 Å². The summed E-state index contributed by atoms with van der Waals surface area (Å²) in [6.45, 7) is 0. The maximum atomic E-state index is 5.53. The van der Waals surface area contributed by atoms with Crippen molar-refractivity contribution in [2.24, 2.45) is 0 Å². The molecule has 1 aliphatic rings. The topological polar surface area (TPSA) is 60.2 Å². The highest BCUT2D eigenvalue weighted by molar-refractivity contribution is 5.63. The van der Waals surface area contributed by atoms with Gasteiger partial charge in [-0.2, -0.15) is 4.98 Å². The number of methoxy groups -OCH3 is 1. The fraction of sp³-hybridized carbons (Fsp3) is 0.500. The number of para-hydroxylation sites is 1. The lowest BCUT2D eigenvalue weighted by molar-refractivity contribution is 0.270. The number of hydrogen-bond acceptors (Lipinski definition) is 5. The van der Waals surface area contributed by atoms with Crippen molar-refractivity contribution in [2.75, 3.05) is 14.2 Å².